The topological polar surface area (TPSA) is 99.3 Å². The zero-order valence-electron chi connectivity index (χ0n) is 13.8. The number of amides is 2. The van der Waals surface area contributed by atoms with Crippen molar-refractivity contribution in [3.05, 3.63) is 78.4 Å². The predicted molar refractivity (Wildman–Crippen MR) is 96.8 cm³/mol. The van der Waals surface area contributed by atoms with E-state index in [1.54, 1.807) is 59.1 Å². The van der Waals surface area contributed by atoms with Gasteiger partial charge in [0.25, 0.3) is 11.8 Å². The molecule has 0 aliphatic rings. The number of carbonyl (C=O) groups is 2. The Bertz CT molecular complexity index is 1050. The van der Waals surface area contributed by atoms with Crippen molar-refractivity contribution in [3.63, 3.8) is 0 Å². The molecule has 0 aliphatic heterocycles. The highest BCUT2D eigenvalue weighted by Gasteiger charge is 2.21. The molecule has 1 aromatic carbocycles. The molecule has 3 rings (SSSR count). The van der Waals surface area contributed by atoms with Gasteiger partial charge in [0.05, 0.1) is 17.1 Å². The van der Waals surface area contributed by atoms with Crippen molar-refractivity contribution < 1.29 is 9.59 Å². The molecule has 2 amide bonds. The summed E-state index contributed by atoms with van der Waals surface area (Å²) in [5.41, 5.74) is 1.58. The number of benzene rings is 1. The SMILES string of the molecule is C=CCNC(=O)c1nc(C(=O)Nc2cccc(C#N)c2)n2ccccc12. The van der Waals surface area contributed by atoms with Crippen LogP contribution in [-0.2, 0) is 0 Å². The summed E-state index contributed by atoms with van der Waals surface area (Å²) in [6.07, 6.45) is 3.22. The highest BCUT2D eigenvalue weighted by molar-refractivity contribution is 6.06. The van der Waals surface area contributed by atoms with Crippen molar-refractivity contribution in [2.24, 2.45) is 0 Å². The third kappa shape index (κ3) is 3.30. The van der Waals surface area contributed by atoms with E-state index < -0.39 is 5.91 Å². The number of hydrogen-bond donors (Lipinski definition) is 2. The van der Waals surface area contributed by atoms with Crippen LogP contribution in [-0.4, -0.2) is 27.7 Å². The molecule has 0 saturated heterocycles. The minimum absolute atomic E-state index is 0.0757. The van der Waals surface area contributed by atoms with Gasteiger partial charge in [-0.05, 0) is 30.3 Å². The summed E-state index contributed by atoms with van der Waals surface area (Å²) < 4.78 is 1.55. The van der Waals surface area contributed by atoms with Crippen molar-refractivity contribution in [1.82, 2.24) is 14.7 Å². The summed E-state index contributed by atoms with van der Waals surface area (Å²) in [5.74, 6) is -0.796. The third-order valence-corrected chi connectivity index (χ3v) is 3.62. The van der Waals surface area contributed by atoms with Crippen LogP contribution < -0.4 is 10.6 Å². The van der Waals surface area contributed by atoms with E-state index in [1.165, 1.54) is 0 Å². The van der Waals surface area contributed by atoms with E-state index in [4.69, 9.17) is 5.26 Å². The molecule has 2 heterocycles. The Labute approximate surface area is 149 Å². The van der Waals surface area contributed by atoms with E-state index in [9.17, 15) is 9.59 Å². The maximum atomic E-state index is 12.7. The predicted octanol–water partition coefficient (Wildman–Crippen LogP) is 2.37. The zero-order chi connectivity index (χ0) is 18.5. The maximum absolute atomic E-state index is 12.7. The van der Waals surface area contributed by atoms with Crippen LogP contribution in [0.3, 0.4) is 0 Å². The van der Waals surface area contributed by atoms with Gasteiger partial charge in [-0.15, -0.1) is 6.58 Å². The van der Waals surface area contributed by atoms with Gasteiger partial charge in [-0.2, -0.15) is 5.26 Å². The molecule has 0 spiro atoms. The Morgan fingerprint density at radius 1 is 1.23 bits per heavy atom. The second kappa shape index (κ2) is 7.32. The van der Waals surface area contributed by atoms with Gasteiger partial charge in [0.1, 0.15) is 0 Å². The molecule has 7 nitrogen and oxygen atoms in total. The minimum Gasteiger partial charge on any atom is -0.347 e. The number of imidazole rings is 1. The Balaban J connectivity index is 1.96. The normalized spacial score (nSPS) is 10.1. The first-order valence-electron chi connectivity index (χ1n) is 7.81. The second-order valence-corrected chi connectivity index (χ2v) is 5.39. The first-order chi connectivity index (χ1) is 12.6. The van der Waals surface area contributed by atoms with Crippen LogP contribution in [0.15, 0.2) is 61.3 Å². The number of nitriles is 1. The van der Waals surface area contributed by atoms with Crippen LogP contribution in [0.4, 0.5) is 5.69 Å². The number of nitrogens with one attached hydrogen (secondary N) is 2. The molecule has 3 aromatic rings. The highest BCUT2D eigenvalue weighted by Crippen LogP contribution is 2.16. The van der Waals surface area contributed by atoms with Gasteiger partial charge in [-0.25, -0.2) is 4.98 Å². The number of nitrogens with zero attached hydrogens (tertiary/aromatic N) is 3. The standard InChI is InChI=1S/C19H15N5O2/c1-2-9-21-18(25)16-15-8-3-4-10-24(15)17(23-16)19(26)22-14-7-5-6-13(11-14)12-20/h2-8,10-11H,1,9H2,(H,21,25)(H,22,26). The lowest BCUT2D eigenvalue weighted by molar-refractivity contribution is 0.0955. The summed E-state index contributed by atoms with van der Waals surface area (Å²) >= 11 is 0. The first-order valence-corrected chi connectivity index (χ1v) is 7.81. The lowest BCUT2D eigenvalue weighted by Crippen LogP contribution is -2.24. The molecule has 0 atom stereocenters. The van der Waals surface area contributed by atoms with E-state index in [2.05, 4.69) is 22.2 Å². The zero-order valence-corrected chi connectivity index (χ0v) is 13.8. The van der Waals surface area contributed by atoms with Gasteiger partial charge < -0.3 is 10.6 Å². The van der Waals surface area contributed by atoms with Crippen molar-refractivity contribution in [2.45, 2.75) is 0 Å². The van der Waals surface area contributed by atoms with Gasteiger partial charge in [-0.1, -0.05) is 18.2 Å². The largest absolute Gasteiger partial charge is 0.347 e. The fraction of sp³-hybridized carbons (Fsp3) is 0.0526. The van der Waals surface area contributed by atoms with Crippen LogP contribution >= 0.6 is 0 Å². The van der Waals surface area contributed by atoms with Crippen LogP contribution in [0, 0.1) is 11.3 Å². The molecule has 2 N–H and O–H groups in total. The lowest BCUT2D eigenvalue weighted by atomic mass is 10.2. The smallest absolute Gasteiger partial charge is 0.292 e. The average Bonchev–Trinajstić information content (AvgIpc) is 3.06. The summed E-state index contributed by atoms with van der Waals surface area (Å²) in [5, 5.41) is 14.3. The van der Waals surface area contributed by atoms with E-state index in [-0.39, 0.29) is 17.4 Å². The second-order valence-electron chi connectivity index (χ2n) is 5.39. The van der Waals surface area contributed by atoms with Crippen molar-refractivity contribution in [3.8, 4) is 6.07 Å². The van der Waals surface area contributed by atoms with Gasteiger partial charge in [-0.3, -0.25) is 14.0 Å². The first kappa shape index (κ1) is 16.9. The molecule has 0 fully saturated rings. The van der Waals surface area contributed by atoms with Crippen molar-refractivity contribution >= 4 is 23.0 Å². The van der Waals surface area contributed by atoms with E-state index in [0.29, 0.717) is 23.3 Å². The van der Waals surface area contributed by atoms with Gasteiger partial charge in [0, 0.05) is 18.4 Å². The van der Waals surface area contributed by atoms with E-state index in [1.807, 2.05) is 6.07 Å². The number of rotatable bonds is 5. The Morgan fingerprint density at radius 3 is 2.85 bits per heavy atom. The Hall–Kier alpha value is -3.92. The molecule has 0 saturated carbocycles. The third-order valence-electron chi connectivity index (χ3n) is 3.62. The number of hydrogen-bond acceptors (Lipinski definition) is 4. The van der Waals surface area contributed by atoms with Gasteiger partial charge >= 0.3 is 0 Å². The fourth-order valence-electron chi connectivity index (χ4n) is 2.47. The van der Waals surface area contributed by atoms with E-state index in [0.717, 1.165) is 0 Å². The molecule has 7 heteroatoms. The Kier molecular flexibility index (Phi) is 4.76. The monoisotopic (exact) mass is 345 g/mol. The quantitative estimate of drug-likeness (QED) is 0.694. The van der Waals surface area contributed by atoms with Crippen molar-refractivity contribution in [1.29, 1.82) is 5.26 Å². The highest BCUT2D eigenvalue weighted by atomic mass is 16.2. The molecule has 2 aromatic heterocycles. The molecular weight excluding hydrogens is 330 g/mol. The van der Waals surface area contributed by atoms with Crippen LogP contribution in [0.1, 0.15) is 26.7 Å². The molecule has 0 bridgehead atoms. The van der Waals surface area contributed by atoms with Gasteiger partial charge in [0.2, 0.25) is 5.82 Å². The molecule has 26 heavy (non-hydrogen) atoms. The molecule has 0 aliphatic carbocycles. The molecule has 0 unspecified atom stereocenters. The van der Waals surface area contributed by atoms with Crippen molar-refractivity contribution in [2.75, 3.05) is 11.9 Å². The molecule has 0 radical (unpaired) electrons. The summed E-state index contributed by atoms with van der Waals surface area (Å²) in [6.45, 7) is 3.85. The minimum atomic E-state index is -0.482. The number of pyridine rings is 1. The summed E-state index contributed by atoms with van der Waals surface area (Å²) in [7, 11) is 0. The summed E-state index contributed by atoms with van der Waals surface area (Å²) in [4.78, 5) is 29.2. The number of carbonyl (C=O) groups excluding carboxylic acids is 2. The van der Waals surface area contributed by atoms with E-state index >= 15 is 0 Å². The molecular formula is C19H15N5O2. The van der Waals surface area contributed by atoms with Crippen LogP contribution in [0.2, 0.25) is 0 Å². The number of fused-ring (bicyclic) bond motifs is 1. The number of anilines is 1. The lowest BCUT2D eigenvalue weighted by Gasteiger charge is -2.04. The fourth-order valence-corrected chi connectivity index (χ4v) is 2.47. The van der Waals surface area contributed by atoms with Gasteiger partial charge in [0.15, 0.2) is 5.69 Å². The summed E-state index contributed by atoms with van der Waals surface area (Å²) in [6, 6.07) is 13.8. The molecule has 128 valence electrons. The Morgan fingerprint density at radius 2 is 2.08 bits per heavy atom. The van der Waals surface area contributed by atoms with Crippen LogP contribution in [0.25, 0.3) is 5.52 Å². The maximum Gasteiger partial charge on any atom is 0.292 e. The van der Waals surface area contributed by atoms with Crippen LogP contribution in [0.5, 0.6) is 0 Å². The number of aromatic nitrogens is 2. The average molecular weight is 345 g/mol.